The van der Waals surface area contributed by atoms with Crippen LogP contribution in [-0.4, -0.2) is 39.8 Å². The van der Waals surface area contributed by atoms with Gasteiger partial charge in [-0.25, -0.2) is 4.98 Å². The first-order valence-electron chi connectivity index (χ1n) is 9.13. The predicted octanol–water partition coefficient (Wildman–Crippen LogP) is 3.45. The van der Waals surface area contributed by atoms with E-state index in [0.29, 0.717) is 24.3 Å². The highest BCUT2D eigenvalue weighted by molar-refractivity contribution is 6.04. The maximum atomic E-state index is 12.3. The van der Waals surface area contributed by atoms with E-state index in [1.165, 1.54) is 0 Å². The molecule has 1 aliphatic heterocycles. The molecule has 0 saturated carbocycles. The van der Waals surface area contributed by atoms with Crippen LogP contribution in [0.1, 0.15) is 43.1 Å². The number of amides is 2. The second-order valence-electron chi connectivity index (χ2n) is 7.97. The van der Waals surface area contributed by atoms with Gasteiger partial charge in [-0.1, -0.05) is 17.7 Å². The van der Waals surface area contributed by atoms with Crippen LogP contribution < -0.4 is 10.6 Å². The predicted molar refractivity (Wildman–Crippen MR) is 107 cm³/mol. The summed E-state index contributed by atoms with van der Waals surface area (Å²) in [5.41, 5.74) is 2.19. The Balaban J connectivity index is 1.60. The Kier molecular flexibility index (Phi) is 5.17. The van der Waals surface area contributed by atoms with Crippen molar-refractivity contribution in [3.05, 3.63) is 53.7 Å². The number of carbonyl (C=O) groups is 2. The summed E-state index contributed by atoms with van der Waals surface area (Å²) >= 11 is 0. The van der Waals surface area contributed by atoms with Gasteiger partial charge in [-0.15, -0.1) is 0 Å². The number of rotatable bonds is 4. The fourth-order valence-electron chi connectivity index (χ4n) is 3.12. The molecule has 1 saturated heterocycles. The van der Waals surface area contributed by atoms with Crippen LogP contribution in [0.15, 0.2) is 42.6 Å². The van der Waals surface area contributed by atoms with Gasteiger partial charge in [0, 0.05) is 30.4 Å². The molecule has 0 spiro atoms. The number of carbonyl (C=O) groups excluding carboxylic acids is 2. The van der Waals surface area contributed by atoms with Crippen LogP contribution >= 0.6 is 0 Å². The lowest BCUT2D eigenvalue weighted by Gasteiger charge is -2.32. The van der Waals surface area contributed by atoms with Gasteiger partial charge in [-0.3, -0.25) is 9.59 Å². The third-order valence-corrected chi connectivity index (χ3v) is 4.62. The third kappa shape index (κ3) is 4.64. The first kappa shape index (κ1) is 18.9. The first-order valence-corrected chi connectivity index (χ1v) is 9.13. The Bertz CT molecular complexity index is 823. The van der Waals surface area contributed by atoms with Crippen LogP contribution in [0.4, 0.5) is 11.5 Å². The minimum Gasteiger partial charge on any atom is -0.365 e. The van der Waals surface area contributed by atoms with Crippen molar-refractivity contribution in [1.82, 2.24) is 9.88 Å². The fourth-order valence-corrected chi connectivity index (χ4v) is 3.12. The highest BCUT2D eigenvalue weighted by Crippen LogP contribution is 2.23. The van der Waals surface area contributed by atoms with Gasteiger partial charge in [0.15, 0.2) is 0 Å². The van der Waals surface area contributed by atoms with Gasteiger partial charge in [0.2, 0.25) is 5.91 Å². The zero-order chi connectivity index (χ0) is 19.6. The number of anilines is 2. The van der Waals surface area contributed by atoms with E-state index in [1.807, 2.05) is 56.9 Å². The van der Waals surface area contributed by atoms with Crippen LogP contribution in [0.25, 0.3) is 0 Å². The average Bonchev–Trinajstić information content (AvgIpc) is 2.98. The summed E-state index contributed by atoms with van der Waals surface area (Å²) in [4.78, 5) is 30.7. The maximum absolute atomic E-state index is 12.3. The third-order valence-electron chi connectivity index (χ3n) is 4.62. The molecule has 1 aliphatic rings. The van der Waals surface area contributed by atoms with Crippen molar-refractivity contribution < 1.29 is 9.59 Å². The van der Waals surface area contributed by atoms with Gasteiger partial charge in [-0.05, 0) is 52.0 Å². The van der Waals surface area contributed by atoms with Gasteiger partial charge >= 0.3 is 0 Å². The summed E-state index contributed by atoms with van der Waals surface area (Å²) in [5, 5.41) is 6.15. The first-order chi connectivity index (χ1) is 12.7. The van der Waals surface area contributed by atoms with Crippen LogP contribution in [0.5, 0.6) is 0 Å². The standard InChI is InChI=1S/C21H26N4O2/c1-14-5-8-16(9-6-14)24-20(27)15-7-10-18(22-12-15)23-17-11-19(26)25(13-17)21(2,3)4/h5-10,12,17H,11,13H2,1-4H3,(H,22,23)(H,24,27). The number of pyridine rings is 1. The molecule has 3 rings (SSSR count). The summed E-state index contributed by atoms with van der Waals surface area (Å²) in [6.07, 6.45) is 2.00. The Morgan fingerprint density at radius 1 is 1.15 bits per heavy atom. The molecule has 2 heterocycles. The number of aromatic nitrogens is 1. The van der Waals surface area contributed by atoms with Crippen LogP contribution in [0.2, 0.25) is 0 Å². The normalized spacial score (nSPS) is 17.1. The lowest BCUT2D eigenvalue weighted by Crippen LogP contribution is -2.43. The average molecular weight is 366 g/mol. The summed E-state index contributed by atoms with van der Waals surface area (Å²) in [6.45, 7) is 8.76. The zero-order valence-electron chi connectivity index (χ0n) is 16.2. The molecule has 0 radical (unpaired) electrons. The number of hydrogen-bond donors (Lipinski definition) is 2. The molecule has 1 aromatic carbocycles. The summed E-state index contributed by atoms with van der Waals surface area (Å²) in [5.74, 6) is 0.609. The molecule has 2 amide bonds. The monoisotopic (exact) mass is 366 g/mol. The van der Waals surface area contributed by atoms with Crippen molar-refractivity contribution in [2.24, 2.45) is 0 Å². The Labute approximate surface area is 160 Å². The van der Waals surface area contributed by atoms with Crippen molar-refractivity contribution in [1.29, 1.82) is 0 Å². The Hall–Kier alpha value is -2.89. The molecule has 2 N–H and O–H groups in total. The van der Waals surface area contributed by atoms with Crippen molar-refractivity contribution >= 4 is 23.3 Å². The minimum atomic E-state index is -0.201. The van der Waals surface area contributed by atoms with Gasteiger partial charge in [0.05, 0.1) is 11.6 Å². The molecule has 0 aliphatic carbocycles. The molecule has 6 heteroatoms. The van der Waals surface area contributed by atoms with E-state index in [9.17, 15) is 9.59 Å². The van der Waals surface area contributed by atoms with Gasteiger partial charge in [0.25, 0.3) is 5.91 Å². The van der Waals surface area contributed by atoms with Crippen LogP contribution in [0, 0.1) is 6.92 Å². The lowest BCUT2D eigenvalue weighted by atomic mass is 10.1. The van der Waals surface area contributed by atoms with Crippen molar-refractivity contribution in [3.63, 3.8) is 0 Å². The largest absolute Gasteiger partial charge is 0.365 e. The molecular formula is C21H26N4O2. The highest BCUT2D eigenvalue weighted by atomic mass is 16.2. The van der Waals surface area contributed by atoms with Crippen LogP contribution in [-0.2, 0) is 4.79 Å². The zero-order valence-corrected chi connectivity index (χ0v) is 16.2. The van der Waals surface area contributed by atoms with Crippen molar-refractivity contribution in [2.75, 3.05) is 17.2 Å². The molecule has 1 unspecified atom stereocenters. The summed E-state index contributed by atoms with van der Waals surface area (Å²) in [6, 6.07) is 11.2. The number of aryl methyl sites for hydroxylation is 1. The number of benzene rings is 1. The second kappa shape index (κ2) is 7.39. The molecule has 27 heavy (non-hydrogen) atoms. The molecule has 1 aromatic heterocycles. The highest BCUT2D eigenvalue weighted by Gasteiger charge is 2.36. The van der Waals surface area contributed by atoms with E-state index in [4.69, 9.17) is 0 Å². The minimum absolute atomic E-state index is 0.0245. The molecular weight excluding hydrogens is 340 g/mol. The second-order valence-corrected chi connectivity index (χ2v) is 7.97. The Morgan fingerprint density at radius 3 is 2.41 bits per heavy atom. The molecule has 1 fully saturated rings. The van der Waals surface area contributed by atoms with E-state index < -0.39 is 0 Å². The molecule has 0 bridgehead atoms. The number of nitrogens with one attached hydrogen (secondary N) is 2. The topological polar surface area (TPSA) is 74.3 Å². The number of hydrogen-bond acceptors (Lipinski definition) is 4. The molecule has 2 aromatic rings. The molecule has 6 nitrogen and oxygen atoms in total. The smallest absolute Gasteiger partial charge is 0.257 e. The summed E-state index contributed by atoms with van der Waals surface area (Å²) in [7, 11) is 0. The fraction of sp³-hybridized carbons (Fsp3) is 0.381. The Morgan fingerprint density at radius 2 is 1.85 bits per heavy atom. The van der Waals surface area contributed by atoms with Crippen molar-refractivity contribution in [3.8, 4) is 0 Å². The van der Waals surface area contributed by atoms with Crippen LogP contribution in [0.3, 0.4) is 0 Å². The van der Waals surface area contributed by atoms with Crippen molar-refractivity contribution in [2.45, 2.75) is 45.7 Å². The molecule has 1 atom stereocenters. The van der Waals surface area contributed by atoms with Gasteiger partial charge in [-0.2, -0.15) is 0 Å². The molecule has 142 valence electrons. The van der Waals surface area contributed by atoms with E-state index in [2.05, 4.69) is 15.6 Å². The van der Waals surface area contributed by atoms with Gasteiger partial charge in [0.1, 0.15) is 5.82 Å². The number of likely N-dealkylation sites (tertiary alicyclic amines) is 1. The van der Waals surface area contributed by atoms with E-state index in [-0.39, 0.29) is 23.4 Å². The van der Waals surface area contributed by atoms with E-state index in [1.54, 1.807) is 18.3 Å². The quantitative estimate of drug-likeness (QED) is 0.869. The van der Waals surface area contributed by atoms with Gasteiger partial charge < -0.3 is 15.5 Å². The lowest BCUT2D eigenvalue weighted by molar-refractivity contribution is -0.131. The SMILES string of the molecule is Cc1ccc(NC(=O)c2ccc(NC3CC(=O)N(C(C)(C)C)C3)nc2)cc1. The summed E-state index contributed by atoms with van der Waals surface area (Å²) < 4.78 is 0. The maximum Gasteiger partial charge on any atom is 0.257 e. The van der Waals surface area contributed by atoms with E-state index >= 15 is 0 Å². The van der Waals surface area contributed by atoms with E-state index in [0.717, 1.165) is 11.3 Å². The number of nitrogens with zero attached hydrogens (tertiary/aromatic N) is 2.